The molecule has 0 radical (unpaired) electrons. The van der Waals surface area contributed by atoms with Crippen molar-refractivity contribution >= 4 is 17.4 Å². The van der Waals surface area contributed by atoms with Crippen LogP contribution in [0.25, 0.3) is 0 Å². The number of benzene rings is 1. The first-order chi connectivity index (χ1) is 8.95. The molecule has 0 bridgehead atoms. The summed E-state index contributed by atoms with van der Waals surface area (Å²) in [6.45, 7) is 3.58. The molecule has 1 rings (SSSR count). The molecular formula is C14H20N2O3. The maximum absolute atomic E-state index is 12.1. The van der Waals surface area contributed by atoms with Gasteiger partial charge >= 0.3 is 5.97 Å². The summed E-state index contributed by atoms with van der Waals surface area (Å²) in [7, 11) is 0. The molecule has 5 nitrogen and oxygen atoms in total. The summed E-state index contributed by atoms with van der Waals surface area (Å²) >= 11 is 0. The van der Waals surface area contributed by atoms with Gasteiger partial charge in [0.05, 0.1) is 6.04 Å². The van der Waals surface area contributed by atoms with Gasteiger partial charge in [0.1, 0.15) is 6.04 Å². The van der Waals surface area contributed by atoms with Crippen molar-refractivity contribution in [3.05, 3.63) is 29.8 Å². The number of carboxylic acid groups (broad SMARTS) is 1. The van der Waals surface area contributed by atoms with Crippen LogP contribution in [0.15, 0.2) is 24.3 Å². The summed E-state index contributed by atoms with van der Waals surface area (Å²) in [5.41, 5.74) is 6.67. The van der Waals surface area contributed by atoms with Gasteiger partial charge in [0, 0.05) is 11.3 Å². The Morgan fingerprint density at radius 3 is 2.37 bits per heavy atom. The molecule has 1 aromatic rings. The standard InChI is InChI=1S/C14H20N2O3/c1-3-4-12(14(18)19)16-9(2)13(17)10-5-7-11(15)8-6-10/h5-9,12,16H,3-4,15H2,1-2H3,(H,18,19). The fraction of sp³-hybridized carbons (Fsp3) is 0.429. The van der Waals surface area contributed by atoms with Gasteiger partial charge in [0.25, 0.3) is 0 Å². The Morgan fingerprint density at radius 2 is 1.89 bits per heavy atom. The zero-order chi connectivity index (χ0) is 14.4. The van der Waals surface area contributed by atoms with Crippen LogP contribution in [0.2, 0.25) is 0 Å². The lowest BCUT2D eigenvalue weighted by Crippen LogP contribution is -2.45. The molecular weight excluding hydrogens is 244 g/mol. The van der Waals surface area contributed by atoms with Gasteiger partial charge in [-0.1, -0.05) is 13.3 Å². The fourth-order valence-corrected chi connectivity index (χ4v) is 1.84. The van der Waals surface area contributed by atoms with E-state index in [4.69, 9.17) is 10.8 Å². The molecule has 4 N–H and O–H groups in total. The maximum atomic E-state index is 12.1. The average Bonchev–Trinajstić information content (AvgIpc) is 2.38. The highest BCUT2D eigenvalue weighted by Crippen LogP contribution is 2.09. The van der Waals surface area contributed by atoms with Crippen LogP contribution in [0.5, 0.6) is 0 Å². The number of nitrogens with one attached hydrogen (secondary N) is 1. The molecule has 0 aromatic heterocycles. The molecule has 2 atom stereocenters. The second-order valence-electron chi connectivity index (χ2n) is 4.55. The molecule has 0 aliphatic carbocycles. The zero-order valence-corrected chi connectivity index (χ0v) is 11.2. The molecule has 0 spiro atoms. The highest BCUT2D eigenvalue weighted by Gasteiger charge is 2.22. The van der Waals surface area contributed by atoms with Gasteiger partial charge in [0.2, 0.25) is 0 Å². The second kappa shape index (κ2) is 6.89. The van der Waals surface area contributed by atoms with Crippen LogP contribution in [0.1, 0.15) is 37.0 Å². The molecule has 1 aromatic carbocycles. The number of hydrogen-bond acceptors (Lipinski definition) is 4. The summed E-state index contributed by atoms with van der Waals surface area (Å²) in [5.74, 6) is -1.07. The van der Waals surface area contributed by atoms with E-state index in [2.05, 4.69) is 5.32 Å². The molecule has 19 heavy (non-hydrogen) atoms. The molecule has 0 heterocycles. The first kappa shape index (κ1) is 15.2. The lowest BCUT2D eigenvalue weighted by atomic mass is 10.0. The van der Waals surface area contributed by atoms with E-state index in [1.54, 1.807) is 31.2 Å². The lowest BCUT2D eigenvalue weighted by molar-refractivity contribution is -0.139. The Labute approximate surface area is 112 Å². The van der Waals surface area contributed by atoms with Gasteiger partial charge < -0.3 is 10.8 Å². The number of carbonyl (C=O) groups is 2. The number of ketones is 1. The Hall–Kier alpha value is -1.88. The van der Waals surface area contributed by atoms with Crippen LogP contribution < -0.4 is 11.1 Å². The van der Waals surface area contributed by atoms with Crippen LogP contribution in [0.3, 0.4) is 0 Å². The summed E-state index contributed by atoms with van der Waals surface area (Å²) in [4.78, 5) is 23.2. The van der Waals surface area contributed by atoms with Gasteiger partial charge in [-0.2, -0.15) is 0 Å². The van der Waals surface area contributed by atoms with E-state index < -0.39 is 18.1 Å². The monoisotopic (exact) mass is 264 g/mol. The zero-order valence-electron chi connectivity index (χ0n) is 11.2. The molecule has 2 unspecified atom stereocenters. The van der Waals surface area contributed by atoms with Crippen molar-refractivity contribution in [3.63, 3.8) is 0 Å². The number of aliphatic carboxylic acids is 1. The van der Waals surface area contributed by atoms with E-state index in [0.29, 0.717) is 17.7 Å². The number of nitrogens with two attached hydrogens (primary N) is 1. The van der Waals surface area contributed by atoms with E-state index in [1.807, 2.05) is 6.92 Å². The van der Waals surface area contributed by atoms with Crippen molar-refractivity contribution in [2.45, 2.75) is 38.8 Å². The average molecular weight is 264 g/mol. The summed E-state index contributed by atoms with van der Waals surface area (Å²) in [6.07, 6.45) is 1.24. The smallest absolute Gasteiger partial charge is 0.320 e. The van der Waals surface area contributed by atoms with Crippen molar-refractivity contribution in [2.75, 3.05) is 5.73 Å². The van der Waals surface area contributed by atoms with Gasteiger partial charge in [-0.15, -0.1) is 0 Å². The molecule has 0 amide bonds. The van der Waals surface area contributed by atoms with Gasteiger partial charge in [0.15, 0.2) is 5.78 Å². The second-order valence-corrected chi connectivity index (χ2v) is 4.55. The predicted molar refractivity (Wildman–Crippen MR) is 74.1 cm³/mol. The van der Waals surface area contributed by atoms with Gasteiger partial charge in [-0.3, -0.25) is 14.9 Å². The number of nitrogen functional groups attached to an aromatic ring is 1. The molecule has 0 aliphatic heterocycles. The van der Waals surface area contributed by atoms with Crippen LogP contribution in [0, 0.1) is 0 Å². The Balaban J connectivity index is 2.71. The molecule has 0 fully saturated rings. The fourth-order valence-electron chi connectivity index (χ4n) is 1.84. The maximum Gasteiger partial charge on any atom is 0.320 e. The summed E-state index contributed by atoms with van der Waals surface area (Å²) in [6, 6.07) is 5.35. The molecule has 0 saturated heterocycles. The van der Waals surface area contributed by atoms with Crippen LogP contribution in [-0.2, 0) is 4.79 Å². The normalized spacial score (nSPS) is 13.8. The van der Waals surface area contributed by atoms with Gasteiger partial charge in [-0.05, 0) is 37.6 Å². The third-order valence-corrected chi connectivity index (χ3v) is 2.92. The minimum absolute atomic E-state index is 0.137. The minimum atomic E-state index is -0.932. The summed E-state index contributed by atoms with van der Waals surface area (Å²) < 4.78 is 0. The van der Waals surface area contributed by atoms with Crippen molar-refractivity contribution < 1.29 is 14.7 Å². The number of Topliss-reactive ketones (excluding diaryl/α,β-unsaturated/α-hetero) is 1. The highest BCUT2D eigenvalue weighted by atomic mass is 16.4. The Kier molecular flexibility index (Phi) is 5.51. The summed E-state index contributed by atoms with van der Waals surface area (Å²) in [5, 5.41) is 11.9. The largest absolute Gasteiger partial charge is 0.480 e. The minimum Gasteiger partial charge on any atom is -0.480 e. The molecule has 5 heteroatoms. The van der Waals surface area contributed by atoms with E-state index in [9.17, 15) is 9.59 Å². The number of carbonyl (C=O) groups excluding carboxylic acids is 1. The van der Waals surface area contributed by atoms with Crippen LogP contribution >= 0.6 is 0 Å². The lowest BCUT2D eigenvalue weighted by Gasteiger charge is -2.19. The van der Waals surface area contributed by atoms with Crippen LogP contribution in [-0.4, -0.2) is 28.9 Å². The third-order valence-electron chi connectivity index (χ3n) is 2.92. The topological polar surface area (TPSA) is 92.4 Å². The van der Waals surface area contributed by atoms with E-state index >= 15 is 0 Å². The van der Waals surface area contributed by atoms with Crippen molar-refractivity contribution in [1.82, 2.24) is 5.32 Å². The Morgan fingerprint density at radius 1 is 1.32 bits per heavy atom. The van der Waals surface area contributed by atoms with Gasteiger partial charge in [-0.25, -0.2) is 0 Å². The van der Waals surface area contributed by atoms with E-state index in [0.717, 1.165) is 6.42 Å². The number of hydrogen-bond donors (Lipinski definition) is 3. The Bertz CT molecular complexity index is 443. The highest BCUT2D eigenvalue weighted by molar-refractivity contribution is 6.00. The van der Waals surface area contributed by atoms with E-state index in [-0.39, 0.29) is 5.78 Å². The van der Waals surface area contributed by atoms with Crippen molar-refractivity contribution in [2.24, 2.45) is 0 Å². The molecule has 104 valence electrons. The first-order valence-electron chi connectivity index (χ1n) is 6.34. The van der Waals surface area contributed by atoms with E-state index in [1.165, 1.54) is 0 Å². The predicted octanol–water partition coefficient (Wildman–Crippen LogP) is 1.68. The third kappa shape index (κ3) is 4.37. The first-order valence-corrected chi connectivity index (χ1v) is 6.34. The number of rotatable bonds is 7. The number of carboxylic acids is 1. The molecule has 0 saturated carbocycles. The van der Waals surface area contributed by atoms with Crippen LogP contribution in [0.4, 0.5) is 5.69 Å². The van der Waals surface area contributed by atoms with Crippen molar-refractivity contribution in [1.29, 1.82) is 0 Å². The molecule has 0 aliphatic rings. The quantitative estimate of drug-likeness (QED) is 0.514. The van der Waals surface area contributed by atoms with Crippen molar-refractivity contribution in [3.8, 4) is 0 Å². The SMILES string of the molecule is CCCC(NC(C)C(=O)c1ccc(N)cc1)C(=O)O. The number of anilines is 1.